The number of hydrogen-bond acceptors (Lipinski definition) is 6. The molecule has 6 nitrogen and oxygen atoms in total. The van der Waals surface area contributed by atoms with E-state index in [9.17, 15) is 0 Å². The molecule has 1 aromatic heterocycles. The Kier molecular flexibility index (Phi) is 5.12. The lowest BCUT2D eigenvalue weighted by Crippen LogP contribution is -2.31. The monoisotopic (exact) mass is 281 g/mol. The van der Waals surface area contributed by atoms with E-state index in [4.69, 9.17) is 10.3 Å². The van der Waals surface area contributed by atoms with Crippen LogP contribution in [-0.2, 0) is 0 Å². The predicted octanol–water partition coefficient (Wildman–Crippen LogP) is 1.42. The van der Waals surface area contributed by atoms with Crippen LogP contribution in [0.25, 0.3) is 0 Å². The summed E-state index contributed by atoms with van der Waals surface area (Å²) in [7, 11) is 4.26. The van der Waals surface area contributed by atoms with Crippen LogP contribution in [0.1, 0.15) is 50.5 Å². The molecular weight excluding hydrogens is 254 g/mol. The van der Waals surface area contributed by atoms with E-state index in [0.717, 1.165) is 31.9 Å². The van der Waals surface area contributed by atoms with Gasteiger partial charge in [0.1, 0.15) is 0 Å². The fourth-order valence-electron chi connectivity index (χ4n) is 2.69. The Labute approximate surface area is 121 Å². The molecule has 0 aromatic carbocycles. The van der Waals surface area contributed by atoms with Gasteiger partial charge in [0, 0.05) is 6.54 Å². The lowest BCUT2D eigenvalue weighted by Gasteiger charge is -2.24. The lowest BCUT2D eigenvalue weighted by atomic mass is 10.0. The SMILES string of the molecule is CC(C)C[C@@H](N)c1nc(C2CN(C)CCCN2C)no1. The van der Waals surface area contributed by atoms with Gasteiger partial charge in [0.2, 0.25) is 5.89 Å². The van der Waals surface area contributed by atoms with Crippen LogP contribution < -0.4 is 5.73 Å². The van der Waals surface area contributed by atoms with E-state index < -0.39 is 0 Å². The van der Waals surface area contributed by atoms with Gasteiger partial charge in [0.15, 0.2) is 5.82 Å². The van der Waals surface area contributed by atoms with Crippen LogP contribution >= 0.6 is 0 Å². The van der Waals surface area contributed by atoms with E-state index in [1.807, 2.05) is 0 Å². The second kappa shape index (κ2) is 6.65. The third-order valence-corrected chi connectivity index (χ3v) is 3.87. The molecule has 0 bridgehead atoms. The second-order valence-corrected chi connectivity index (χ2v) is 6.34. The Balaban J connectivity index is 2.10. The molecule has 1 unspecified atom stereocenters. The second-order valence-electron chi connectivity index (χ2n) is 6.34. The van der Waals surface area contributed by atoms with Gasteiger partial charge >= 0.3 is 0 Å². The number of nitrogens with two attached hydrogens (primary N) is 1. The molecule has 1 aliphatic rings. The van der Waals surface area contributed by atoms with Crippen molar-refractivity contribution in [1.82, 2.24) is 19.9 Å². The van der Waals surface area contributed by atoms with Gasteiger partial charge in [-0.15, -0.1) is 0 Å². The highest BCUT2D eigenvalue weighted by Gasteiger charge is 2.27. The average Bonchev–Trinajstić information content (AvgIpc) is 2.78. The maximum atomic E-state index is 6.11. The first-order chi connectivity index (χ1) is 9.47. The quantitative estimate of drug-likeness (QED) is 0.900. The normalized spacial score (nSPS) is 24.0. The third kappa shape index (κ3) is 3.77. The number of rotatable bonds is 4. The molecule has 0 amide bonds. The highest BCUT2D eigenvalue weighted by Crippen LogP contribution is 2.23. The molecule has 0 saturated carbocycles. The van der Waals surface area contributed by atoms with E-state index in [0.29, 0.717) is 11.8 Å². The zero-order chi connectivity index (χ0) is 14.7. The van der Waals surface area contributed by atoms with E-state index in [2.05, 4.69) is 47.9 Å². The van der Waals surface area contributed by atoms with Gasteiger partial charge < -0.3 is 15.2 Å². The van der Waals surface area contributed by atoms with Gasteiger partial charge in [-0.1, -0.05) is 19.0 Å². The highest BCUT2D eigenvalue weighted by atomic mass is 16.5. The smallest absolute Gasteiger partial charge is 0.243 e. The van der Waals surface area contributed by atoms with Gasteiger partial charge in [-0.3, -0.25) is 4.90 Å². The zero-order valence-corrected chi connectivity index (χ0v) is 13.0. The molecule has 0 aliphatic carbocycles. The van der Waals surface area contributed by atoms with E-state index >= 15 is 0 Å². The zero-order valence-electron chi connectivity index (χ0n) is 13.0. The minimum Gasteiger partial charge on any atom is -0.338 e. The molecule has 2 atom stereocenters. The van der Waals surface area contributed by atoms with Gasteiger partial charge in [-0.25, -0.2) is 0 Å². The Morgan fingerprint density at radius 1 is 1.35 bits per heavy atom. The van der Waals surface area contributed by atoms with E-state index in [-0.39, 0.29) is 12.1 Å². The maximum absolute atomic E-state index is 6.11. The van der Waals surface area contributed by atoms with Crippen LogP contribution in [-0.4, -0.2) is 53.7 Å². The fraction of sp³-hybridized carbons (Fsp3) is 0.857. The Hall–Kier alpha value is -0.980. The largest absolute Gasteiger partial charge is 0.338 e. The molecule has 114 valence electrons. The van der Waals surface area contributed by atoms with Crippen molar-refractivity contribution in [3.05, 3.63) is 11.7 Å². The van der Waals surface area contributed by atoms with Gasteiger partial charge in [0.25, 0.3) is 0 Å². The molecule has 20 heavy (non-hydrogen) atoms. The first-order valence-electron chi connectivity index (χ1n) is 7.45. The molecule has 2 heterocycles. The summed E-state index contributed by atoms with van der Waals surface area (Å²) in [6.45, 7) is 7.38. The van der Waals surface area contributed by atoms with Crippen molar-refractivity contribution < 1.29 is 4.52 Å². The summed E-state index contributed by atoms with van der Waals surface area (Å²) in [4.78, 5) is 9.16. The molecular formula is C14H27N5O. The highest BCUT2D eigenvalue weighted by molar-refractivity contribution is 4.99. The van der Waals surface area contributed by atoms with Crippen molar-refractivity contribution in [1.29, 1.82) is 0 Å². The fourth-order valence-corrected chi connectivity index (χ4v) is 2.69. The van der Waals surface area contributed by atoms with Crippen LogP contribution in [0.2, 0.25) is 0 Å². The molecule has 0 radical (unpaired) electrons. The molecule has 0 spiro atoms. The van der Waals surface area contributed by atoms with Gasteiger partial charge in [-0.2, -0.15) is 4.98 Å². The molecule has 2 rings (SSSR count). The van der Waals surface area contributed by atoms with Crippen LogP contribution in [0, 0.1) is 5.92 Å². The first kappa shape index (κ1) is 15.4. The van der Waals surface area contributed by atoms with Crippen molar-refractivity contribution in [2.24, 2.45) is 11.7 Å². The number of aromatic nitrogens is 2. The average molecular weight is 281 g/mol. The third-order valence-electron chi connectivity index (χ3n) is 3.87. The van der Waals surface area contributed by atoms with Crippen molar-refractivity contribution in [3.8, 4) is 0 Å². The summed E-state index contributed by atoms with van der Waals surface area (Å²) in [5.41, 5.74) is 6.11. The van der Waals surface area contributed by atoms with Crippen molar-refractivity contribution in [3.63, 3.8) is 0 Å². The number of hydrogen-bond donors (Lipinski definition) is 1. The van der Waals surface area contributed by atoms with E-state index in [1.165, 1.54) is 6.42 Å². The van der Waals surface area contributed by atoms with Crippen molar-refractivity contribution in [2.75, 3.05) is 33.7 Å². The van der Waals surface area contributed by atoms with Crippen LogP contribution in [0.5, 0.6) is 0 Å². The Bertz CT molecular complexity index is 419. The maximum Gasteiger partial charge on any atom is 0.243 e. The van der Waals surface area contributed by atoms with E-state index in [1.54, 1.807) is 0 Å². The first-order valence-corrected chi connectivity index (χ1v) is 7.45. The lowest BCUT2D eigenvalue weighted by molar-refractivity contribution is 0.214. The molecule has 1 saturated heterocycles. The van der Waals surface area contributed by atoms with Gasteiger partial charge in [-0.05, 0) is 45.9 Å². The minimum absolute atomic E-state index is 0.162. The van der Waals surface area contributed by atoms with Crippen molar-refractivity contribution >= 4 is 0 Å². The minimum atomic E-state index is -0.162. The molecule has 1 aromatic rings. The summed E-state index contributed by atoms with van der Waals surface area (Å²) >= 11 is 0. The Morgan fingerprint density at radius 2 is 2.10 bits per heavy atom. The topological polar surface area (TPSA) is 71.4 Å². The standard InChI is InChI=1S/C14H27N5O/c1-10(2)8-11(15)14-16-13(17-20-14)12-9-18(3)6-5-7-19(12)4/h10-12H,5-9,15H2,1-4H3/t11-,12?/m1/s1. The molecule has 1 aliphatic heterocycles. The number of likely N-dealkylation sites (N-methyl/N-ethyl adjacent to an activating group) is 2. The van der Waals surface area contributed by atoms with Crippen LogP contribution in [0.3, 0.4) is 0 Å². The summed E-state index contributed by atoms with van der Waals surface area (Å²) < 4.78 is 5.37. The van der Waals surface area contributed by atoms with Gasteiger partial charge in [0.05, 0.1) is 12.1 Å². The van der Waals surface area contributed by atoms with Crippen LogP contribution in [0.4, 0.5) is 0 Å². The summed E-state index contributed by atoms with van der Waals surface area (Å²) in [5.74, 6) is 1.84. The molecule has 1 fully saturated rings. The molecule has 6 heteroatoms. The summed E-state index contributed by atoms with van der Waals surface area (Å²) in [6, 6.07) is 0.0244. The van der Waals surface area contributed by atoms with Crippen molar-refractivity contribution in [2.45, 2.75) is 38.8 Å². The predicted molar refractivity (Wildman–Crippen MR) is 78.2 cm³/mol. The summed E-state index contributed by atoms with van der Waals surface area (Å²) in [6.07, 6.45) is 2.03. The Morgan fingerprint density at radius 3 is 2.80 bits per heavy atom. The van der Waals surface area contributed by atoms with Crippen LogP contribution in [0.15, 0.2) is 4.52 Å². The number of nitrogens with zero attached hydrogens (tertiary/aromatic N) is 4. The molecule has 2 N–H and O–H groups in total. The summed E-state index contributed by atoms with van der Waals surface area (Å²) in [5, 5.41) is 4.16.